The number of rotatable bonds is 5. The summed E-state index contributed by atoms with van der Waals surface area (Å²) >= 11 is 1.76. The summed E-state index contributed by atoms with van der Waals surface area (Å²) < 4.78 is 16.4. The first-order valence-corrected chi connectivity index (χ1v) is 7.73. The third kappa shape index (κ3) is 3.11. The highest BCUT2D eigenvalue weighted by molar-refractivity contribution is 7.98. The lowest BCUT2D eigenvalue weighted by atomic mass is 10.1. The van der Waals surface area contributed by atoms with Crippen molar-refractivity contribution < 1.29 is 13.9 Å². The Labute approximate surface area is 122 Å². The van der Waals surface area contributed by atoms with Crippen LogP contribution in [0.15, 0.2) is 41.0 Å². The molecule has 1 atom stereocenters. The molecule has 1 aromatic heterocycles. The van der Waals surface area contributed by atoms with Crippen molar-refractivity contribution in [1.29, 1.82) is 0 Å². The lowest BCUT2D eigenvalue weighted by Crippen LogP contribution is -2.17. The number of hydrogen-bond donors (Lipinski definition) is 1. The third-order valence-corrected chi connectivity index (χ3v) is 4.20. The second-order valence-electron chi connectivity index (χ2n) is 4.60. The van der Waals surface area contributed by atoms with E-state index in [9.17, 15) is 0 Å². The highest BCUT2D eigenvalue weighted by atomic mass is 32.2. The fraction of sp³-hybridized carbons (Fsp3) is 0.333. The number of nitrogens with two attached hydrogens (primary N) is 1. The van der Waals surface area contributed by atoms with Crippen molar-refractivity contribution in [2.45, 2.75) is 11.8 Å². The van der Waals surface area contributed by atoms with E-state index < -0.39 is 0 Å². The summed E-state index contributed by atoms with van der Waals surface area (Å²) in [5, 5.41) is 0. The van der Waals surface area contributed by atoms with Gasteiger partial charge in [-0.3, -0.25) is 0 Å². The molecule has 2 N–H and O–H groups in total. The van der Waals surface area contributed by atoms with Crippen molar-refractivity contribution in [3.8, 4) is 11.5 Å². The average molecular weight is 291 g/mol. The highest BCUT2D eigenvalue weighted by Crippen LogP contribution is 2.33. The smallest absolute Gasteiger partial charge is 0.161 e. The molecule has 0 fully saturated rings. The first kappa shape index (κ1) is 13.4. The first-order chi connectivity index (χ1) is 9.83. The number of thioether (sulfide) groups is 1. The second-order valence-corrected chi connectivity index (χ2v) is 5.63. The molecule has 2 heterocycles. The lowest BCUT2D eigenvalue weighted by molar-refractivity contribution is 0.171. The summed E-state index contributed by atoms with van der Waals surface area (Å²) in [6.07, 6.45) is 1.69. The summed E-state index contributed by atoms with van der Waals surface area (Å²) in [7, 11) is 0. The maximum Gasteiger partial charge on any atom is 0.161 e. The monoisotopic (exact) mass is 291 g/mol. The molecule has 1 aliphatic rings. The molecular weight excluding hydrogens is 274 g/mol. The van der Waals surface area contributed by atoms with Gasteiger partial charge in [-0.1, -0.05) is 6.07 Å². The van der Waals surface area contributed by atoms with Gasteiger partial charge >= 0.3 is 0 Å². The topological polar surface area (TPSA) is 57.6 Å². The number of hydrogen-bond acceptors (Lipinski definition) is 5. The highest BCUT2D eigenvalue weighted by Gasteiger charge is 2.14. The van der Waals surface area contributed by atoms with Gasteiger partial charge < -0.3 is 19.6 Å². The van der Waals surface area contributed by atoms with Crippen LogP contribution in [0.3, 0.4) is 0 Å². The molecule has 2 aromatic rings. The van der Waals surface area contributed by atoms with E-state index in [2.05, 4.69) is 0 Å². The molecule has 5 heteroatoms. The Morgan fingerprint density at radius 1 is 1.15 bits per heavy atom. The minimum atomic E-state index is -0.0224. The molecule has 0 spiro atoms. The van der Waals surface area contributed by atoms with E-state index in [0.29, 0.717) is 13.2 Å². The maximum absolute atomic E-state index is 6.22. The summed E-state index contributed by atoms with van der Waals surface area (Å²) in [5.41, 5.74) is 7.29. The van der Waals surface area contributed by atoms with Crippen molar-refractivity contribution in [2.24, 2.45) is 5.73 Å². The molecule has 0 saturated heterocycles. The molecule has 1 unspecified atom stereocenters. The van der Waals surface area contributed by atoms with Crippen LogP contribution >= 0.6 is 11.8 Å². The predicted octanol–water partition coefficient (Wildman–Crippen LogP) is 2.98. The van der Waals surface area contributed by atoms with Gasteiger partial charge in [0.15, 0.2) is 11.5 Å². The molecule has 0 bridgehead atoms. The van der Waals surface area contributed by atoms with Crippen LogP contribution in [-0.2, 0) is 5.75 Å². The van der Waals surface area contributed by atoms with Crippen LogP contribution in [0.1, 0.15) is 17.4 Å². The van der Waals surface area contributed by atoms with Gasteiger partial charge in [0.05, 0.1) is 12.0 Å². The fourth-order valence-electron chi connectivity index (χ4n) is 2.07. The molecule has 4 nitrogen and oxygen atoms in total. The second kappa shape index (κ2) is 6.24. The molecular formula is C15H17NO3S. The Bertz CT molecular complexity index is 556. The minimum Gasteiger partial charge on any atom is -0.486 e. The zero-order chi connectivity index (χ0) is 13.8. The molecule has 20 heavy (non-hydrogen) atoms. The van der Waals surface area contributed by atoms with E-state index in [-0.39, 0.29) is 6.04 Å². The average Bonchev–Trinajstić information content (AvgIpc) is 3.00. The molecule has 1 aliphatic heterocycles. The number of ether oxygens (including phenoxy) is 2. The Kier molecular flexibility index (Phi) is 4.18. The van der Waals surface area contributed by atoms with E-state index in [0.717, 1.165) is 34.3 Å². The van der Waals surface area contributed by atoms with E-state index in [1.165, 1.54) is 0 Å². The Balaban J connectivity index is 1.57. The van der Waals surface area contributed by atoms with E-state index >= 15 is 0 Å². The van der Waals surface area contributed by atoms with Gasteiger partial charge in [0.1, 0.15) is 19.0 Å². The number of fused-ring (bicyclic) bond motifs is 1. The molecule has 0 amide bonds. The predicted molar refractivity (Wildman–Crippen MR) is 79.2 cm³/mol. The van der Waals surface area contributed by atoms with Crippen LogP contribution in [-0.4, -0.2) is 19.0 Å². The standard InChI is InChI=1S/C15H17NO3S/c16-13(10-20-9-12-2-1-5-17-12)11-3-4-14-15(8-11)19-7-6-18-14/h1-5,8,13H,6-7,9-10,16H2. The molecule has 0 saturated carbocycles. The largest absolute Gasteiger partial charge is 0.486 e. The van der Waals surface area contributed by atoms with Crippen LogP contribution in [0, 0.1) is 0 Å². The quantitative estimate of drug-likeness (QED) is 0.917. The molecule has 0 aliphatic carbocycles. The van der Waals surface area contributed by atoms with Gasteiger partial charge in [0, 0.05) is 11.8 Å². The van der Waals surface area contributed by atoms with Crippen LogP contribution in [0.5, 0.6) is 11.5 Å². The van der Waals surface area contributed by atoms with Gasteiger partial charge in [-0.2, -0.15) is 11.8 Å². The molecule has 0 radical (unpaired) electrons. The van der Waals surface area contributed by atoms with Gasteiger partial charge in [-0.05, 0) is 29.8 Å². The Hall–Kier alpha value is -1.59. The summed E-state index contributed by atoms with van der Waals surface area (Å²) in [6.45, 7) is 1.20. The molecule has 106 valence electrons. The minimum absolute atomic E-state index is 0.0224. The number of furan rings is 1. The van der Waals surface area contributed by atoms with Crippen molar-refractivity contribution in [1.82, 2.24) is 0 Å². The SMILES string of the molecule is NC(CSCc1ccco1)c1ccc2c(c1)OCCO2. The zero-order valence-corrected chi connectivity index (χ0v) is 11.9. The summed E-state index contributed by atoms with van der Waals surface area (Å²) in [5.74, 6) is 4.24. The Morgan fingerprint density at radius 3 is 2.80 bits per heavy atom. The number of benzene rings is 1. The molecule has 1 aromatic carbocycles. The van der Waals surface area contributed by atoms with Gasteiger partial charge in [0.2, 0.25) is 0 Å². The van der Waals surface area contributed by atoms with Gasteiger partial charge in [-0.15, -0.1) is 0 Å². The van der Waals surface area contributed by atoms with E-state index in [4.69, 9.17) is 19.6 Å². The summed E-state index contributed by atoms with van der Waals surface area (Å²) in [4.78, 5) is 0. The van der Waals surface area contributed by atoms with Crippen LogP contribution < -0.4 is 15.2 Å². The normalized spacial score (nSPS) is 15.1. The fourth-order valence-corrected chi connectivity index (χ4v) is 3.00. The molecule has 3 rings (SSSR count). The van der Waals surface area contributed by atoms with Crippen LogP contribution in [0.2, 0.25) is 0 Å². The third-order valence-electron chi connectivity index (χ3n) is 3.12. The zero-order valence-electron chi connectivity index (χ0n) is 11.1. The van der Waals surface area contributed by atoms with Crippen LogP contribution in [0.25, 0.3) is 0 Å². The van der Waals surface area contributed by atoms with Gasteiger partial charge in [0.25, 0.3) is 0 Å². The van der Waals surface area contributed by atoms with Crippen molar-refractivity contribution >= 4 is 11.8 Å². The maximum atomic E-state index is 6.22. The lowest BCUT2D eigenvalue weighted by Gasteiger charge is -2.20. The van der Waals surface area contributed by atoms with Crippen LogP contribution in [0.4, 0.5) is 0 Å². The van der Waals surface area contributed by atoms with Crippen molar-refractivity contribution in [3.63, 3.8) is 0 Å². The van der Waals surface area contributed by atoms with Gasteiger partial charge in [-0.25, -0.2) is 0 Å². The van der Waals surface area contributed by atoms with Crippen molar-refractivity contribution in [2.75, 3.05) is 19.0 Å². The van der Waals surface area contributed by atoms with Crippen molar-refractivity contribution in [3.05, 3.63) is 47.9 Å². The Morgan fingerprint density at radius 2 is 2.00 bits per heavy atom. The summed E-state index contributed by atoms with van der Waals surface area (Å²) in [6, 6.07) is 9.77. The van der Waals surface area contributed by atoms with E-state index in [1.54, 1.807) is 18.0 Å². The van der Waals surface area contributed by atoms with E-state index in [1.807, 2.05) is 30.3 Å². The first-order valence-electron chi connectivity index (χ1n) is 6.58.